The zero-order chi connectivity index (χ0) is 15.8. The molecule has 136 valence electrons. The highest BCUT2D eigenvalue weighted by Gasteiger charge is 2.55. The van der Waals surface area contributed by atoms with Gasteiger partial charge in [-0.15, -0.1) is 24.0 Å². The third-order valence-electron chi connectivity index (χ3n) is 5.29. The lowest BCUT2D eigenvalue weighted by atomic mass is 9.55. The average molecular weight is 439 g/mol. The zero-order valence-corrected chi connectivity index (χ0v) is 17.2. The quantitative estimate of drug-likeness (QED) is 0.277. The van der Waals surface area contributed by atoms with Gasteiger partial charge in [-0.25, -0.2) is 0 Å². The minimum absolute atomic E-state index is 0. The molecule has 0 aliphatic heterocycles. The summed E-state index contributed by atoms with van der Waals surface area (Å²) in [5.41, 5.74) is 0.332. The summed E-state index contributed by atoms with van der Waals surface area (Å²) in [6.07, 6.45) is 9.15. The molecule has 2 aliphatic rings. The number of aliphatic imine (C=N–C) groups is 1. The molecule has 0 radical (unpaired) electrons. The number of nitrogens with zero attached hydrogens (tertiary/aromatic N) is 1. The highest BCUT2D eigenvalue weighted by atomic mass is 127. The molecule has 0 bridgehead atoms. The molecule has 23 heavy (non-hydrogen) atoms. The SMILES string of the molecule is CCOC1CC(NC(=NC)NCCCOC)C12CCCCC2.I. The Bertz CT molecular complexity index is 360. The van der Waals surface area contributed by atoms with Crippen LogP contribution in [0.5, 0.6) is 0 Å². The number of guanidine groups is 1. The monoisotopic (exact) mass is 439 g/mol. The minimum Gasteiger partial charge on any atom is -0.385 e. The summed E-state index contributed by atoms with van der Waals surface area (Å²) in [5, 5.41) is 7.04. The molecule has 0 heterocycles. The molecule has 2 N–H and O–H groups in total. The normalized spacial score (nSPS) is 26.3. The lowest BCUT2D eigenvalue weighted by Crippen LogP contribution is -2.66. The van der Waals surface area contributed by atoms with Crippen LogP contribution in [0.1, 0.15) is 51.9 Å². The van der Waals surface area contributed by atoms with E-state index in [2.05, 4.69) is 22.5 Å². The third kappa shape index (κ3) is 5.19. The molecule has 2 fully saturated rings. The Kier molecular flexibility index (Phi) is 9.77. The smallest absolute Gasteiger partial charge is 0.191 e. The number of methoxy groups -OCH3 is 1. The van der Waals surface area contributed by atoms with Crippen molar-refractivity contribution in [2.45, 2.75) is 64.0 Å². The van der Waals surface area contributed by atoms with Gasteiger partial charge in [0.2, 0.25) is 0 Å². The maximum atomic E-state index is 6.01. The fraction of sp³-hybridized carbons (Fsp3) is 0.941. The van der Waals surface area contributed by atoms with Gasteiger partial charge < -0.3 is 20.1 Å². The van der Waals surface area contributed by atoms with Crippen LogP contribution >= 0.6 is 24.0 Å². The lowest BCUT2D eigenvalue weighted by molar-refractivity contribution is -0.145. The van der Waals surface area contributed by atoms with E-state index in [1.807, 2.05) is 7.05 Å². The summed E-state index contributed by atoms with van der Waals surface area (Å²) in [7, 11) is 3.58. The molecule has 0 aromatic heterocycles. The van der Waals surface area contributed by atoms with Crippen LogP contribution in [0, 0.1) is 5.41 Å². The van der Waals surface area contributed by atoms with Crippen molar-refractivity contribution in [3.63, 3.8) is 0 Å². The van der Waals surface area contributed by atoms with Crippen LogP contribution in [0.2, 0.25) is 0 Å². The zero-order valence-electron chi connectivity index (χ0n) is 14.9. The van der Waals surface area contributed by atoms with E-state index in [1.165, 1.54) is 32.1 Å². The Morgan fingerprint density at radius 1 is 1.26 bits per heavy atom. The minimum atomic E-state index is 0. The standard InChI is InChI=1S/C17H33N3O2.HI/c1-4-22-15-13-14(17(15)9-6-5-7-10-17)20-16(18-2)19-11-8-12-21-3;/h14-15H,4-13H2,1-3H3,(H2,18,19,20);1H. The highest BCUT2D eigenvalue weighted by Crippen LogP contribution is 2.53. The first kappa shape index (κ1) is 21.0. The lowest BCUT2D eigenvalue weighted by Gasteiger charge is -2.57. The van der Waals surface area contributed by atoms with Gasteiger partial charge in [0.1, 0.15) is 0 Å². The molecule has 2 atom stereocenters. The number of halogens is 1. The average Bonchev–Trinajstić information content (AvgIpc) is 2.56. The van der Waals surface area contributed by atoms with Crippen molar-refractivity contribution in [3.05, 3.63) is 0 Å². The van der Waals surface area contributed by atoms with Gasteiger partial charge in [-0.05, 0) is 32.6 Å². The number of nitrogens with one attached hydrogen (secondary N) is 2. The molecule has 6 heteroatoms. The summed E-state index contributed by atoms with van der Waals surface area (Å²) in [6.45, 7) is 4.60. The van der Waals surface area contributed by atoms with Crippen molar-refractivity contribution >= 4 is 29.9 Å². The van der Waals surface area contributed by atoms with Crippen molar-refractivity contribution in [2.24, 2.45) is 10.4 Å². The van der Waals surface area contributed by atoms with Gasteiger partial charge in [-0.3, -0.25) is 4.99 Å². The molecule has 0 amide bonds. The molecular weight excluding hydrogens is 405 g/mol. The molecule has 2 aliphatic carbocycles. The summed E-state index contributed by atoms with van der Waals surface area (Å²) in [5.74, 6) is 0.918. The van der Waals surface area contributed by atoms with E-state index >= 15 is 0 Å². The van der Waals surface area contributed by atoms with Crippen molar-refractivity contribution in [1.82, 2.24) is 10.6 Å². The molecule has 2 rings (SSSR count). The molecule has 5 nitrogen and oxygen atoms in total. The van der Waals surface area contributed by atoms with Crippen LogP contribution in [-0.4, -0.2) is 52.0 Å². The van der Waals surface area contributed by atoms with E-state index in [-0.39, 0.29) is 24.0 Å². The first-order valence-corrected chi connectivity index (χ1v) is 8.84. The number of rotatable bonds is 7. The van der Waals surface area contributed by atoms with Gasteiger partial charge in [0.15, 0.2) is 5.96 Å². The van der Waals surface area contributed by atoms with Crippen LogP contribution < -0.4 is 10.6 Å². The van der Waals surface area contributed by atoms with Crippen LogP contribution in [0.15, 0.2) is 4.99 Å². The Balaban J connectivity index is 0.00000264. The molecule has 1 spiro atoms. The fourth-order valence-corrected chi connectivity index (χ4v) is 4.05. The molecule has 2 saturated carbocycles. The van der Waals surface area contributed by atoms with Crippen molar-refractivity contribution < 1.29 is 9.47 Å². The highest BCUT2D eigenvalue weighted by molar-refractivity contribution is 14.0. The van der Waals surface area contributed by atoms with Gasteiger partial charge in [0, 0.05) is 45.4 Å². The van der Waals surface area contributed by atoms with E-state index in [0.717, 1.165) is 38.6 Å². The van der Waals surface area contributed by atoms with Crippen LogP contribution in [-0.2, 0) is 9.47 Å². The van der Waals surface area contributed by atoms with Crippen LogP contribution in [0.4, 0.5) is 0 Å². The molecular formula is C17H34IN3O2. The van der Waals surface area contributed by atoms with E-state index < -0.39 is 0 Å². The topological polar surface area (TPSA) is 54.9 Å². The summed E-state index contributed by atoms with van der Waals surface area (Å²) >= 11 is 0. The van der Waals surface area contributed by atoms with Crippen molar-refractivity contribution in [1.29, 1.82) is 0 Å². The summed E-state index contributed by atoms with van der Waals surface area (Å²) in [6, 6.07) is 0.498. The predicted molar refractivity (Wildman–Crippen MR) is 106 cm³/mol. The summed E-state index contributed by atoms with van der Waals surface area (Å²) < 4.78 is 11.1. The molecule has 2 unspecified atom stereocenters. The van der Waals surface area contributed by atoms with Gasteiger partial charge >= 0.3 is 0 Å². The van der Waals surface area contributed by atoms with E-state index in [0.29, 0.717) is 17.6 Å². The van der Waals surface area contributed by atoms with Gasteiger partial charge in [0.25, 0.3) is 0 Å². The Morgan fingerprint density at radius 2 is 2.00 bits per heavy atom. The second kappa shape index (κ2) is 10.7. The molecule has 0 aromatic rings. The first-order chi connectivity index (χ1) is 10.8. The summed E-state index contributed by atoms with van der Waals surface area (Å²) in [4.78, 5) is 4.37. The predicted octanol–water partition coefficient (Wildman–Crippen LogP) is 2.93. The maximum absolute atomic E-state index is 6.01. The van der Waals surface area contributed by atoms with E-state index in [4.69, 9.17) is 9.47 Å². The largest absolute Gasteiger partial charge is 0.385 e. The van der Waals surface area contributed by atoms with Crippen molar-refractivity contribution in [2.75, 3.05) is 33.9 Å². The van der Waals surface area contributed by atoms with E-state index in [1.54, 1.807) is 7.11 Å². The Labute approximate surface area is 158 Å². The van der Waals surface area contributed by atoms with Gasteiger partial charge in [-0.1, -0.05) is 19.3 Å². The fourth-order valence-electron chi connectivity index (χ4n) is 4.05. The first-order valence-electron chi connectivity index (χ1n) is 8.84. The number of hydrogen-bond acceptors (Lipinski definition) is 3. The third-order valence-corrected chi connectivity index (χ3v) is 5.29. The number of ether oxygens (including phenoxy) is 2. The second-order valence-electron chi connectivity index (χ2n) is 6.52. The van der Waals surface area contributed by atoms with Crippen LogP contribution in [0.25, 0.3) is 0 Å². The second-order valence-corrected chi connectivity index (χ2v) is 6.52. The Morgan fingerprint density at radius 3 is 2.61 bits per heavy atom. The maximum Gasteiger partial charge on any atom is 0.191 e. The molecule has 0 aromatic carbocycles. The van der Waals surface area contributed by atoms with Crippen molar-refractivity contribution in [3.8, 4) is 0 Å². The van der Waals surface area contributed by atoms with Crippen LogP contribution in [0.3, 0.4) is 0 Å². The molecule has 0 saturated heterocycles. The van der Waals surface area contributed by atoms with Gasteiger partial charge in [0.05, 0.1) is 6.10 Å². The number of hydrogen-bond donors (Lipinski definition) is 2. The Hall–Kier alpha value is -0.0800. The van der Waals surface area contributed by atoms with E-state index in [9.17, 15) is 0 Å². The van der Waals surface area contributed by atoms with Gasteiger partial charge in [-0.2, -0.15) is 0 Å².